The average molecular weight is 357 g/mol. The van der Waals surface area contributed by atoms with Gasteiger partial charge in [0.15, 0.2) is 0 Å². The molecule has 1 heterocycles. The molecule has 0 aliphatic heterocycles. The number of pyridine rings is 1. The molecule has 7 heteroatoms. The second-order valence-electron chi connectivity index (χ2n) is 7.05. The third-order valence-corrected chi connectivity index (χ3v) is 5.47. The Kier molecular flexibility index (Phi) is 5.11. The molecule has 2 atom stereocenters. The van der Waals surface area contributed by atoms with Crippen molar-refractivity contribution in [3.8, 4) is 11.1 Å². The predicted molar refractivity (Wildman–Crippen MR) is 96.0 cm³/mol. The van der Waals surface area contributed by atoms with E-state index in [-0.39, 0.29) is 12.2 Å². The summed E-state index contributed by atoms with van der Waals surface area (Å²) in [6.07, 6.45) is 4.83. The SMILES string of the molecule is C[C@@]1(C(=O)O)c2cc(-c3cccnc3)c(F)cc2C[C@@H]1CCCB(O)O. The Hall–Kier alpha value is -2.25. The molecule has 26 heavy (non-hydrogen) atoms. The summed E-state index contributed by atoms with van der Waals surface area (Å²) >= 11 is 0. The average Bonchev–Trinajstić information content (AvgIpc) is 2.87. The van der Waals surface area contributed by atoms with E-state index in [1.54, 1.807) is 37.5 Å². The molecule has 136 valence electrons. The lowest BCUT2D eigenvalue weighted by Crippen LogP contribution is -2.37. The second-order valence-corrected chi connectivity index (χ2v) is 7.05. The van der Waals surface area contributed by atoms with Crippen LogP contribution in [0.3, 0.4) is 0 Å². The third-order valence-electron chi connectivity index (χ3n) is 5.47. The van der Waals surface area contributed by atoms with Crippen LogP contribution in [0, 0.1) is 11.7 Å². The van der Waals surface area contributed by atoms with Gasteiger partial charge in [-0.1, -0.05) is 12.5 Å². The first kappa shape index (κ1) is 18.5. The molecule has 3 N–H and O–H groups in total. The Morgan fingerprint density at radius 2 is 2.19 bits per heavy atom. The zero-order valence-corrected chi connectivity index (χ0v) is 14.5. The minimum absolute atomic E-state index is 0.192. The normalized spacial score (nSPS) is 21.5. The van der Waals surface area contributed by atoms with Crippen LogP contribution in [-0.4, -0.2) is 33.2 Å². The molecule has 5 nitrogen and oxygen atoms in total. The van der Waals surface area contributed by atoms with E-state index in [0.717, 1.165) is 0 Å². The molecule has 0 saturated heterocycles. The molecule has 1 aromatic carbocycles. The van der Waals surface area contributed by atoms with Crippen molar-refractivity contribution in [1.82, 2.24) is 4.98 Å². The highest BCUT2D eigenvalue weighted by atomic mass is 19.1. The number of nitrogens with zero attached hydrogens (tertiary/aromatic N) is 1. The lowest BCUT2D eigenvalue weighted by molar-refractivity contribution is -0.145. The Labute approximate surface area is 151 Å². The van der Waals surface area contributed by atoms with Crippen molar-refractivity contribution >= 4 is 13.1 Å². The van der Waals surface area contributed by atoms with Crippen molar-refractivity contribution < 1.29 is 24.3 Å². The monoisotopic (exact) mass is 357 g/mol. The van der Waals surface area contributed by atoms with Crippen molar-refractivity contribution in [2.24, 2.45) is 5.92 Å². The Morgan fingerprint density at radius 3 is 2.81 bits per heavy atom. The maximum Gasteiger partial charge on any atom is 0.451 e. The number of hydrogen-bond donors (Lipinski definition) is 3. The minimum Gasteiger partial charge on any atom is -0.481 e. The molecule has 1 aliphatic rings. The van der Waals surface area contributed by atoms with Crippen molar-refractivity contribution in [2.75, 3.05) is 0 Å². The molecule has 0 radical (unpaired) electrons. The van der Waals surface area contributed by atoms with Crippen LogP contribution in [0.15, 0.2) is 36.7 Å². The first-order chi connectivity index (χ1) is 12.3. The molecule has 1 aromatic heterocycles. The zero-order chi connectivity index (χ0) is 18.9. The highest BCUT2D eigenvalue weighted by molar-refractivity contribution is 6.40. The van der Waals surface area contributed by atoms with Gasteiger partial charge in [0, 0.05) is 23.5 Å². The smallest absolute Gasteiger partial charge is 0.451 e. The Bertz CT molecular complexity index is 815. The van der Waals surface area contributed by atoms with E-state index in [1.807, 2.05) is 0 Å². The predicted octanol–water partition coefficient (Wildman–Crippen LogP) is 2.66. The highest BCUT2D eigenvalue weighted by Crippen LogP contribution is 2.47. The van der Waals surface area contributed by atoms with E-state index < -0.39 is 24.3 Å². The van der Waals surface area contributed by atoms with Crippen molar-refractivity contribution in [2.45, 2.75) is 37.9 Å². The van der Waals surface area contributed by atoms with Gasteiger partial charge in [-0.2, -0.15) is 0 Å². The fourth-order valence-corrected chi connectivity index (χ4v) is 3.93. The first-order valence-electron chi connectivity index (χ1n) is 8.67. The van der Waals surface area contributed by atoms with Crippen LogP contribution in [0.1, 0.15) is 30.9 Å². The van der Waals surface area contributed by atoms with Crippen LogP contribution >= 0.6 is 0 Å². The molecule has 0 unspecified atom stereocenters. The van der Waals surface area contributed by atoms with Crippen LogP contribution in [0.2, 0.25) is 6.32 Å². The lowest BCUT2D eigenvalue weighted by atomic mass is 9.72. The summed E-state index contributed by atoms with van der Waals surface area (Å²) in [6.45, 7) is 1.67. The molecule has 0 bridgehead atoms. The van der Waals surface area contributed by atoms with Gasteiger partial charge in [0.25, 0.3) is 0 Å². The van der Waals surface area contributed by atoms with E-state index in [0.29, 0.717) is 41.5 Å². The maximum absolute atomic E-state index is 14.6. The van der Waals surface area contributed by atoms with Crippen LogP contribution in [0.5, 0.6) is 0 Å². The highest BCUT2D eigenvalue weighted by Gasteiger charge is 2.49. The van der Waals surface area contributed by atoms with Gasteiger partial charge in [-0.15, -0.1) is 0 Å². The van der Waals surface area contributed by atoms with Crippen molar-refractivity contribution in [1.29, 1.82) is 0 Å². The number of aliphatic carboxylic acids is 1. The standard InChI is InChI=1S/C19H21BFNO4/c1-19(18(23)24)14(5-2-6-20(25)26)8-13-9-17(21)15(10-16(13)19)12-4-3-7-22-11-12/h3-4,7,9-11,14,25-26H,2,5-6,8H2,1H3,(H,23,24)/t14-,19-/m0/s1. The van der Waals surface area contributed by atoms with Crippen LogP contribution in [-0.2, 0) is 16.6 Å². The van der Waals surface area contributed by atoms with Crippen LogP contribution < -0.4 is 0 Å². The molecule has 3 rings (SSSR count). The molecule has 2 aromatic rings. The van der Waals surface area contributed by atoms with Crippen molar-refractivity contribution in [3.63, 3.8) is 0 Å². The van der Waals surface area contributed by atoms with E-state index in [2.05, 4.69) is 4.98 Å². The van der Waals surface area contributed by atoms with E-state index in [9.17, 15) is 14.3 Å². The quantitative estimate of drug-likeness (QED) is 0.692. The molecule has 0 fully saturated rings. The van der Waals surface area contributed by atoms with Gasteiger partial charge in [-0.25, -0.2) is 4.39 Å². The largest absolute Gasteiger partial charge is 0.481 e. The first-order valence-corrected chi connectivity index (χ1v) is 8.67. The zero-order valence-electron chi connectivity index (χ0n) is 14.5. The topological polar surface area (TPSA) is 90.7 Å². The number of carboxylic acids is 1. The van der Waals surface area contributed by atoms with Gasteiger partial charge in [0.05, 0.1) is 5.41 Å². The lowest BCUT2D eigenvalue weighted by Gasteiger charge is -2.28. The number of fused-ring (bicyclic) bond motifs is 1. The molecular formula is C19H21BFNO4. The number of aromatic nitrogens is 1. The Balaban J connectivity index is 2.00. The van der Waals surface area contributed by atoms with Gasteiger partial charge in [0.1, 0.15) is 5.82 Å². The minimum atomic E-state index is -1.40. The third kappa shape index (κ3) is 3.24. The number of carboxylic acid groups (broad SMARTS) is 1. The van der Waals surface area contributed by atoms with Gasteiger partial charge < -0.3 is 15.2 Å². The molecule has 0 saturated carbocycles. The number of benzene rings is 1. The van der Waals surface area contributed by atoms with Gasteiger partial charge in [0.2, 0.25) is 0 Å². The summed E-state index contributed by atoms with van der Waals surface area (Å²) in [6, 6.07) is 6.52. The molecule has 0 amide bonds. The van der Waals surface area contributed by atoms with Crippen molar-refractivity contribution in [3.05, 3.63) is 53.6 Å². The van der Waals surface area contributed by atoms with Gasteiger partial charge in [-0.05, 0) is 61.3 Å². The summed E-state index contributed by atoms with van der Waals surface area (Å²) < 4.78 is 14.6. The fourth-order valence-electron chi connectivity index (χ4n) is 3.93. The Morgan fingerprint density at radius 1 is 1.42 bits per heavy atom. The number of halogens is 1. The molecular weight excluding hydrogens is 336 g/mol. The summed E-state index contributed by atoms with van der Waals surface area (Å²) in [5.41, 5.74) is 1.14. The van der Waals surface area contributed by atoms with E-state index in [4.69, 9.17) is 10.0 Å². The molecule has 0 spiro atoms. The summed E-state index contributed by atoms with van der Waals surface area (Å²) in [7, 11) is -1.40. The van der Waals surface area contributed by atoms with Gasteiger partial charge in [-0.3, -0.25) is 9.78 Å². The van der Waals surface area contributed by atoms with E-state index in [1.165, 1.54) is 6.07 Å². The summed E-state index contributed by atoms with van der Waals surface area (Å²) in [5, 5.41) is 28.0. The second kappa shape index (κ2) is 7.17. The molecule has 1 aliphatic carbocycles. The van der Waals surface area contributed by atoms with E-state index >= 15 is 0 Å². The number of hydrogen-bond acceptors (Lipinski definition) is 4. The maximum atomic E-state index is 14.6. The summed E-state index contributed by atoms with van der Waals surface area (Å²) in [5.74, 6) is -1.57. The van der Waals surface area contributed by atoms with Crippen LogP contribution in [0.25, 0.3) is 11.1 Å². The number of carbonyl (C=O) groups is 1. The number of rotatable bonds is 6. The summed E-state index contributed by atoms with van der Waals surface area (Å²) in [4.78, 5) is 16.1. The van der Waals surface area contributed by atoms with Crippen LogP contribution in [0.4, 0.5) is 4.39 Å². The fraction of sp³-hybridized carbons (Fsp3) is 0.368. The van der Waals surface area contributed by atoms with Gasteiger partial charge >= 0.3 is 13.1 Å².